The molecule has 0 bridgehead atoms. The Balaban J connectivity index is 1.78. The van der Waals surface area contributed by atoms with Gasteiger partial charge in [-0.2, -0.15) is 0 Å². The fraction of sp³-hybridized carbons (Fsp3) is 0.435. The number of Topliss-reactive ketones (excluding diaryl/α,β-unsaturated/α-hetero) is 1. The molecule has 0 N–H and O–H groups in total. The molecule has 2 aromatic carbocycles. The zero-order valence-electron chi connectivity index (χ0n) is 17.2. The van der Waals surface area contributed by atoms with Crippen molar-refractivity contribution in [3.63, 3.8) is 0 Å². The van der Waals surface area contributed by atoms with Crippen LogP contribution in [0, 0.1) is 11.8 Å². The van der Waals surface area contributed by atoms with Gasteiger partial charge in [0.05, 0.1) is 34.0 Å². The molecule has 0 spiro atoms. The number of ketones is 1. The maximum Gasteiger partial charge on any atom is 0.203 e. The topological polar surface area (TPSA) is 54.0 Å². The van der Waals surface area contributed by atoms with Crippen LogP contribution in [0.2, 0.25) is 0 Å². The van der Waals surface area contributed by atoms with Gasteiger partial charge in [-0.3, -0.25) is 4.79 Å². The van der Waals surface area contributed by atoms with Gasteiger partial charge in [-0.15, -0.1) is 0 Å². The van der Waals surface area contributed by atoms with Crippen LogP contribution in [0.25, 0.3) is 0 Å². The Kier molecular flexibility index (Phi) is 6.25. The number of hydrogen-bond donors (Lipinski definition) is 0. The van der Waals surface area contributed by atoms with E-state index >= 15 is 0 Å². The lowest BCUT2D eigenvalue weighted by molar-refractivity contribution is 0.0929. The Morgan fingerprint density at radius 3 is 2.14 bits per heavy atom. The summed E-state index contributed by atoms with van der Waals surface area (Å²) in [6.45, 7) is 4.50. The zero-order valence-corrected chi connectivity index (χ0v) is 17.2. The number of hydrogen-bond acceptors (Lipinski definition) is 5. The zero-order chi connectivity index (χ0) is 20.3. The molecule has 0 aliphatic carbocycles. The lowest BCUT2D eigenvalue weighted by atomic mass is 9.85. The average Bonchev–Trinajstić information content (AvgIpc) is 3.07. The maximum atomic E-state index is 11.5. The van der Waals surface area contributed by atoms with Gasteiger partial charge < -0.3 is 18.9 Å². The van der Waals surface area contributed by atoms with Crippen molar-refractivity contribution >= 4 is 5.78 Å². The predicted molar refractivity (Wildman–Crippen MR) is 108 cm³/mol. The minimum absolute atomic E-state index is 0.0322. The minimum atomic E-state index is -0.0322. The molecule has 1 fully saturated rings. The van der Waals surface area contributed by atoms with Crippen LogP contribution in [0.5, 0.6) is 17.2 Å². The molecule has 2 aromatic rings. The first-order valence-corrected chi connectivity index (χ1v) is 9.49. The van der Waals surface area contributed by atoms with E-state index in [1.807, 2.05) is 36.4 Å². The highest BCUT2D eigenvalue weighted by atomic mass is 16.5. The maximum absolute atomic E-state index is 11.5. The lowest BCUT2D eigenvalue weighted by Crippen LogP contribution is -2.14. The number of carbonyl (C=O) groups excluding carboxylic acids is 1. The Morgan fingerprint density at radius 2 is 1.64 bits per heavy atom. The number of ether oxygens (including phenoxy) is 4. The van der Waals surface area contributed by atoms with E-state index in [4.69, 9.17) is 18.9 Å². The molecule has 1 saturated heterocycles. The van der Waals surface area contributed by atoms with Crippen LogP contribution >= 0.6 is 0 Å². The fourth-order valence-electron chi connectivity index (χ4n) is 3.87. The van der Waals surface area contributed by atoms with Crippen LogP contribution < -0.4 is 14.2 Å². The van der Waals surface area contributed by atoms with Gasteiger partial charge in [-0.05, 0) is 48.4 Å². The third-order valence-corrected chi connectivity index (χ3v) is 5.58. The molecule has 0 amide bonds. The SMILES string of the molecule is COc1cc([C@H]2OC[C@H](Cc3ccc(C(C)=O)cc3)[C@@H]2C)cc(OC)c1OC. The van der Waals surface area contributed by atoms with Crippen LogP contribution in [0.1, 0.15) is 41.4 Å². The third kappa shape index (κ3) is 3.99. The highest BCUT2D eigenvalue weighted by Crippen LogP contribution is 2.45. The Bertz CT molecular complexity index is 802. The van der Waals surface area contributed by atoms with Gasteiger partial charge in [0.25, 0.3) is 0 Å². The Hall–Kier alpha value is -2.53. The van der Waals surface area contributed by atoms with Gasteiger partial charge in [0.1, 0.15) is 0 Å². The highest BCUT2D eigenvalue weighted by Gasteiger charge is 2.35. The van der Waals surface area contributed by atoms with Crippen molar-refractivity contribution in [1.82, 2.24) is 0 Å². The van der Waals surface area contributed by atoms with Crippen molar-refractivity contribution in [3.05, 3.63) is 53.1 Å². The monoisotopic (exact) mass is 384 g/mol. The van der Waals surface area contributed by atoms with E-state index in [2.05, 4.69) is 6.92 Å². The quantitative estimate of drug-likeness (QED) is 0.659. The van der Waals surface area contributed by atoms with E-state index in [0.717, 1.165) is 17.5 Å². The van der Waals surface area contributed by atoms with Crippen molar-refractivity contribution in [3.8, 4) is 17.2 Å². The first-order valence-electron chi connectivity index (χ1n) is 9.49. The molecule has 0 saturated carbocycles. The molecule has 28 heavy (non-hydrogen) atoms. The third-order valence-electron chi connectivity index (χ3n) is 5.58. The van der Waals surface area contributed by atoms with Gasteiger partial charge >= 0.3 is 0 Å². The number of benzene rings is 2. The van der Waals surface area contributed by atoms with Crippen molar-refractivity contribution < 1.29 is 23.7 Å². The second-order valence-electron chi connectivity index (χ2n) is 7.29. The summed E-state index contributed by atoms with van der Waals surface area (Å²) >= 11 is 0. The summed E-state index contributed by atoms with van der Waals surface area (Å²) < 4.78 is 22.5. The van der Waals surface area contributed by atoms with E-state index < -0.39 is 0 Å². The Morgan fingerprint density at radius 1 is 1.04 bits per heavy atom. The molecule has 3 atom stereocenters. The summed E-state index contributed by atoms with van der Waals surface area (Å²) in [5.74, 6) is 2.67. The molecule has 3 rings (SSSR count). The van der Waals surface area contributed by atoms with Crippen molar-refractivity contribution in [2.24, 2.45) is 11.8 Å². The largest absolute Gasteiger partial charge is 0.493 e. The normalized spacial score (nSPS) is 21.4. The van der Waals surface area contributed by atoms with Crippen LogP contribution in [0.3, 0.4) is 0 Å². The summed E-state index contributed by atoms with van der Waals surface area (Å²) in [6.07, 6.45) is 0.885. The Labute approximate surface area is 166 Å². The highest BCUT2D eigenvalue weighted by molar-refractivity contribution is 5.94. The van der Waals surface area contributed by atoms with E-state index in [1.54, 1.807) is 28.3 Å². The summed E-state index contributed by atoms with van der Waals surface area (Å²) in [5, 5.41) is 0. The summed E-state index contributed by atoms with van der Waals surface area (Å²) in [7, 11) is 4.84. The first-order chi connectivity index (χ1) is 13.5. The molecule has 150 valence electrons. The number of rotatable bonds is 7. The van der Waals surface area contributed by atoms with Crippen LogP contribution in [0.15, 0.2) is 36.4 Å². The van der Waals surface area contributed by atoms with Crippen molar-refractivity contribution in [1.29, 1.82) is 0 Å². The first kappa shape index (κ1) is 20.2. The molecule has 5 heteroatoms. The summed E-state index contributed by atoms with van der Waals surface area (Å²) in [5.41, 5.74) is 2.99. The van der Waals surface area contributed by atoms with Crippen molar-refractivity contribution in [2.75, 3.05) is 27.9 Å². The molecular weight excluding hydrogens is 356 g/mol. The molecule has 0 aromatic heterocycles. The van der Waals surface area contributed by atoms with Gasteiger partial charge in [-0.25, -0.2) is 0 Å². The van der Waals surface area contributed by atoms with Crippen LogP contribution in [-0.4, -0.2) is 33.7 Å². The van der Waals surface area contributed by atoms with Gasteiger partial charge in [0.2, 0.25) is 5.75 Å². The number of methoxy groups -OCH3 is 3. The molecule has 1 aliphatic rings. The lowest BCUT2D eigenvalue weighted by Gasteiger charge is -2.21. The van der Waals surface area contributed by atoms with Gasteiger partial charge in [-0.1, -0.05) is 31.2 Å². The second kappa shape index (κ2) is 8.65. The number of carbonyl (C=O) groups is 1. The molecule has 5 nitrogen and oxygen atoms in total. The van der Waals surface area contributed by atoms with E-state index in [-0.39, 0.29) is 11.9 Å². The van der Waals surface area contributed by atoms with Crippen LogP contribution in [-0.2, 0) is 11.2 Å². The summed E-state index contributed by atoms with van der Waals surface area (Å²) in [6, 6.07) is 11.8. The predicted octanol–water partition coefficient (Wildman–Crippen LogP) is 4.48. The standard InChI is InChI=1S/C23H28O5/c1-14-19(10-16-6-8-17(9-7-16)15(2)24)13-28-22(14)18-11-20(25-3)23(27-5)21(12-18)26-4/h6-9,11-12,14,19,22H,10,13H2,1-5H3/t14-,19-,22-/m0/s1. The van der Waals surface area contributed by atoms with Gasteiger partial charge in [0, 0.05) is 5.56 Å². The van der Waals surface area contributed by atoms with E-state index in [0.29, 0.717) is 35.7 Å². The fourth-order valence-corrected chi connectivity index (χ4v) is 3.87. The average molecular weight is 384 g/mol. The molecular formula is C23H28O5. The molecule has 1 aliphatic heterocycles. The molecule has 0 unspecified atom stereocenters. The smallest absolute Gasteiger partial charge is 0.203 e. The van der Waals surface area contributed by atoms with Crippen molar-refractivity contribution in [2.45, 2.75) is 26.4 Å². The molecule has 0 radical (unpaired) electrons. The summed E-state index contributed by atoms with van der Waals surface area (Å²) in [4.78, 5) is 11.5. The minimum Gasteiger partial charge on any atom is -0.493 e. The van der Waals surface area contributed by atoms with Crippen LogP contribution in [0.4, 0.5) is 0 Å². The molecule has 1 heterocycles. The van der Waals surface area contributed by atoms with Gasteiger partial charge in [0.15, 0.2) is 17.3 Å². The second-order valence-corrected chi connectivity index (χ2v) is 7.29. The van der Waals surface area contributed by atoms with E-state index in [9.17, 15) is 4.79 Å². The van der Waals surface area contributed by atoms with E-state index in [1.165, 1.54) is 5.56 Å².